The van der Waals surface area contributed by atoms with Crippen molar-refractivity contribution in [1.29, 1.82) is 0 Å². The molecule has 11 nitrogen and oxygen atoms in total. The number of fused-ring (bicyclic) bond motifs is 3. The zero-order valence-corrected chi connectivity index (χ0v) is 21.5. The predicted molar refractivity (Wildman–Crippen MR) is 136 cm³/mol. The second-order valence-corrected chi connectivity index (χ2v) is 10.5. The van der Waals surface area contributed by atoms with E-state index in [0.717, 1.165) is 17.5 Å². The maximum Gasteiger partial charge on any atom is 0.250 e. The van der Waals surface area contributed by atoms with Gasteiger partial charge in [-0.25, -0.2) is 4.68 Å². The molecule has 4 aliphatic rings. The van der Waals surface area contributed by atoms with Crippen molar-refractivity contribution in [2.24, 2.45) is 11.8 Å². The molecule has 11 heteroatoms. The molecule has 2 aromatic rings. The van der Waals surface area contributed by atoms with Crippen molar-refractivity contribution in [3.63, 3.8) is 0 Å². The van der Waals surface area contributed by atoms with Crippen molar-refractivity contribution in [2.75, 3.05) is 26.2 Å². The molecule has 4 aliphatic heterocycles. The second-order valence-electron chi connectivity index (χ2n) is 10.5. The van der Waals surface area contributed by atoms with Crippen molar-refractivity contribution in [3.8, 4) is 0 Å². The average Bonchev–Trinajstić information content (AvgIpc) is 3.48. The Balaban J connectivity index is 1.41. The monoisotopic (exact) mass is 520 g/mol. The molecular formula is C27H32N6O5. The number of aliphatic hydroxyl groups is 1. The highest BCUT2D eigenvalue weighted by molar-refractivity contribution is 6.00. The van der Waals surface area contributed by atoms with Crippen molar-refractivity contribution in [2.45, 2.75) is 50.7 Å². The van der Waals surface area contributed by atoms with Crippen LogP contribution in [0.1, 0.15) is 20.3 Å². The molecule has 200 valence electrons. The molecule has 0 saturated carbocycles. The molecule has 1 spiro atoms. The van der Waals surface area contributed by atoms with Gasteiger partial charge in [0, 0.05) is 19.6 Å². The van der Waals surface area contributed by atoms with Crippen LogP contribution < -0.4 is 0 Å². The minimum absolute atomic E-state index is 0.131. The fourth-order valence-corrected chi connectivity index (χ4v) is 6.52. The van der Waals surface area contributed by atoms with E-state index in [2.05, 4.69) is 10.3 Å². The first-order valence-corrected chi connectivity index (χ1v) is 13.2. The van der Waals surface area contributed by atoms with Gasteiger partial charge in [-0.15, -0.1) is 5.10 Å². The van der Waals surface area contributed by atoms with Gasteiger partial charge in [-0.1, -0.05) is 48.6 Å². The van der Waals surface area contributed by atoms with Crippen molar-refractivity contribution in [3.05, 3.63) is 48.6 Å². The Labute approximate surface area is 220 Å². The highest BCUT2D eigenvalue weighted by Crippen LogP contribution is 2.53. The maximum atomic E-state index is 14.3. The van der Waals surface area contributed by atoms with Crippen LogP contribution in [0.25, 0.3) is 11.0 Å². The number of likely N-dealkylation sites (tertiary alicyclic amines) is 1. The van der Waals surface area contributed by atoms with E-state index in [-0.39, 0.29) is 37.5 Å². The summed E-state index contributed by atoms with van der Waals surface area (Å²) in [6, 6.07) is 5.84. The van der Waals surface area contributed by atoms with Gasteiger partial charge in [0.05, 0.1) is 36.1 Å². The van der Waals surface area contributed by atoms with Gasteiger partial charge in [-0.3, -0.25) is 14.4 Å². The summed E-state index contributed by atoms with van der Waals surface area (Å²) in [6.07, 6.45) is 7.60. The number of aromatic nitrogens is 3. The van der Waals surface area contributed by atoms with Crippen molar-refractivity contribution < 1.29 is 24.2 Å². The van der Waals surface area contributed by atoms with E-state index in [9.17, 15) is 19.5 Å². The zero-order valence-electron chi connectivity index (χ0n) is 21.5. The van der Waals surface area contributed by atoms with Crippen molar-refractivity contribution in [1.82, 2.24) is 29.7 Å². The fraction of sp³-hybridized carbons (Fsp3) is 0.519. The minimum Gasteiger partial charge on any atom is -0.394 e. The van der Waals surface area contributed by atoms with E-state index in [1.165, 1.54) is 4.90 Å². The van der Waals surface area contributed by atoms with Crippen LogP contribution in [0, 0.1) is 11.8 Å². The maximum absolute atomic E-state index is 14.3. The molecule has 2 saturated heterocycles. The molecule has 5 heterocycles. The smallest absolute Gasteiger partial charge is 0.250 e. The molecule has 6 rings (SSSR count). The molecule has 3 amide bonds. The van der Waals surface area contributed by atoms with Crippen LogP contribution in [-0.4, -0.2) is 103 Å². The first-order chi connectivity index (χ1) is 18.4. The Morgan fingerprint density at radius 2 is 1.89 bits per heavy atom. The predicted octanol–water partition coefficient (Wildman–Crippen LogP) is 0.557. The third kappa shape index (κ3) is 3.52. The summed E-state index contributed by atoms with van der Waals surface area (Å²) in [7, 11) is 0. The SMILES string of the molecule is CCCN1CC=C[C@H]2O[C@]34C=CCN(Cn5nnc6ccccc65)C(=O)C3N([C@H](C)CO)C(=O)[C@@H]4[C@H]2C1=O. The average molecular weight is 521 g/mol. The summed E-state index contributed by atoms with van der Waals surface area (Å²) in [5, 5.41) is 18.5. The standard InChI is InChI=1S/C27H32N6O5/c1-3-12-30-13-6-10-20-21(24(30)35)22-25(36)33(17(2)15-34)23-26(37)31(14-7-11-27(22,23)38-20)16-32-19-9-5-4-8-18(19)28-29-32/h4-11,17,20-23,34H,3,12-16H2,1-2H3/t17-,20-,21+,22+,23?,27+/m1/s1. The Hall–Kier alpha value is -3.57. The molecule has 0 aliphatic carbocycles. The Bertz CT molecular complexity index is 1340. The quantitative estimate of drug-likeness (QED) is 0.553. The lowest BCUT2D eigenvalue weighted by Gasteiger charge is -2.37. The van der Waals surface area contributed by atoms with Gasteiger partial charge in [0.25, 0.3) is 5.91 Å². The number of hydrogen-bond donors (Lipinski definition) is 1. The van der Waals surface area contributed by atoms with Gasteiger partial charge in [0.15, 0.2) is 0 Å². The minimum atomic E-state index is -1.32. The van der Waals surface area contributed by atoms with Crippen LogP contribution in [0.3, 0.4) is 0 Å². The first-order valence-electron chi connectivity index (χ1n) is 13.2. The van der Waals surface area contributed by atoms with E-state index in [1.807, 2.05) is 55.5 Å². The number of para-hydroxylation sites is 1. The number of ether oxygens (including phenoxy) is 1. The summed E-state index contributed by atoms with van der Waals surface area (Å²) in [4.78, 5) is 46.9. The number of hydrogen-bond acceptors (Lipinski definition) is 7. The van der Waals surface area contributed by atoms with Crippen molar-refractivity contribution >= 4 is 28.8 Å². The first kappa shape index (κ1) is 24.7. The molecule has 0 radical (unpaired) electrons. The topological polar surface area (TPSA) is 121 Å². The number of benzene rings is 1. The third-order valence-electron chi connectivity index (χ3n) is 8.22. The van der Waals surface area contributed by atoms with Crippen LogP contribution in [0.4, 0.5) is 0 Å². The van der Waals surface area contributed by atoms with Crippen LogP contribution in [0.2, 0.25) is 0 Å². The third-order valence-corrected chi connectivity index (χ3v) is 8.22. The Morgan fingerprint density at radius 1 is 1.11 bits per heavy atom. The van der Waals surface area contributed by atoms with Gasteiger partial charge in [-0.05, 0) is 25.5 Å². The molecule has 1 N–H and O–H groups in total. The highest BCUT2D eigenvalue weighted by atomic mass is 16.5. The molecule has 38 heavy (non-hydrogen) atoms. The summed E-state index contributed by atoms with van der Waals surface area (Å²) in [5.41, 5.74) is 0.186. The number of amides is 3. The molecule has 1 aromatic carbocycles. The van der Waals surface area contributed by atoms with E-state index in [1.54, 1.807) is 21.4 Å². The zero-order chi connectivity index (χ0) is 26.6. The van der Waals surface area contributed by atoms with E-state index in [4.69, 9.17) is 4.74 Å². The lowest BCUT2D eigenvalue weighted by atomic mass is 9.77. The van der Waals surface area contributed by atoms with E-state index >= 15 is 0 Å². The molecule has 0 bridgehead atoms. The second kappa shape index (κ2) is 9.32. The molecule has 2 fully saturated rings. The van der Waals surface area contributed by atoms with Gasteiger partial charge in [0.2, 0.25) is 11.8 Å². The molecule has 1 unspecified atom stereocenters. The number of carbonyl (C=O) groups is 3. The summed E-state index contributed by atoms with van der Waals surface area (Å²) >= 11 is 0. The normalized spacial score (nSPS) is 31.4. The lowest BCUT2D eigenvalue weighted by molar-refractivity contribution is -0.151. The Kier molecular flexibility index (Phi) is 6.07. The Morgan fingerprint density at radius 3 is 2.68 bits per heavy atom. The molecule has 1 aromatic heterocycles. The van der Waals surface area contributed by atoms with Gasteiger partial charge < -0.3 is 24.5 Å². The number of aliphatic hydroxyl groups excluding tert-OH is 1. The molecule has 6 atom stereocenters. The summed E-state index contributed by atoms with van der Waals surface area (Å²) in [6.45, 7) is 4.84. The number of nitrogens with zero attached hydrogens (tertiary/aromatic N) is 6. The summed E-state index contributed by atoms with van der Waals surface area (Å²) in [5.74, 6) is -2.40. The van der Waals surface area contributed by atoms with Crippen LogP contribution in [0.15, 0.2) is 48.6 Å². The number of rotatable bonds is 6. The van der Waals surface area contributed by atoms with E-state index < -0.39 is 35.6 Å². The summed E-state index contributed by atoms with van der Waals surface area (Å²) < 4.78 is 8.26. The van der Waals surface area contributed by atoms with Crippen LogP contribution in [0.5, 0.6) is 0 Å². The van der Waals surface area contributed by atoms with Gasteiger partial charge in [0.1, 0.15) is 23.8 Å². The fourth-order valence-electron chi connectivity index (χ4n) is 6.52. The highest BCUT2D eigenvalue weighted by Gasteiger charge is 2.72. The van der Waals surface area contributed by atoms with Gasteiger partial charge >= 0.3 is 0 Å². The lowest BCUT2D eigenvalue weighted by Crippen LogP contribution is -2.57. The van der Waals surface area contributed by atoms with E-state index in [0.29, 0.717) is 13.1 Å². The van der Waals surface area contributed by atoms with Crippen LogP contribution in [-0.2, 0) is 25.8 Å². The largest absolute Gasteiger partial charge is 0.394 e. The van der Waals surface area contributed by atoms with Crippen LogP contribution >= 0.6 is 0 Å². The van der Waals surface area contributed by atoms with Gasteiger partial charge in [-0.2, -0.15) is 0 Å². The molecular weight excluding hydrogens is 488 g/mol. The number of carbonyl (C=O) groups excluding carboxylic acids is 3.